The van der Waals surface area contributed by atoms with E-state index in [9.17, 15) is 9.59 Å². The van der Waals surface area contributed by atoms with Crippen molar-refractivity contribution in [1.29, 1.82) is 0 Å². The predicted octanol–water partition coefficient (Wildman–Crippen LogP) is 4.21. The molecule has 0 bridgehead atoms. The van der Waals surface area contributed by atoms with Crippen LogP contribution in [0, 0.1) is 0 Å². The first-order chi connectivity index (χ1) is 15.5. The van der Waals surface area contributed by atoms with Gasteiger partial charge in [0.1, 0.15) is 18.1 Å². The van der Waals surface area contributed by atoms with Gasteiger partial charge in [0.25, 0.3) is 5.91 Å². The Labute approximate surface area is 187 Å². The van der Waals surface area contributed by atoms with Gasteiger partial charge in [-0.05, 0) is 60.9 Å². The number of ketones is 1. The number of hydrogen-bond acceptors (Lipinski definition) is 6. The number of amides is 1. The van der Waals surface area contributed by atoms with Gasteiger partial charge in [0.15, 0.2) is 18.1 Å². The van der Waals surface area contributed by atoms with E-state index in [2.05, 4.69) is 10.3 Å². The van der Waals surface area contributed by atoms with E-state index in [0.717, 1.165) is 11.1 Å². The van der Waals surface area contributed by atoms with E-state index in [0.29, 0.717) is 42.4 Å². The lowest BCUT2D eigenvalue weighted by atomic mass is 10.1. The second-order valence-electron chi connectivity index (χ2n) is 7.19. The zero-order chi connectivity index (χ0) is 22.8. The maximum Gasteiger partial charge on any atom is 0.262 e. The molecule has 0 saturated heterocycles. The Morgan fingerprint density at radius 3 is 2.34 bits per heavy atom. The highest BCUT2D eigenvalue weighted by molar-refractivity contribution is 5.92. The molecule has 32 heavy (non-hydrogen) atoms. The van der Waals surface area contributed by atoms with Gasteiger partial charge in [-0.3, -0.25) is 9.78 Å². The third-order valence-corrected chi connectivity index (χ3v) is 4.65. The summed E-state index contributed by atoms with van der Waals surface area (Å²) in [5.41, 5.74) is 2.59. The van der Waals surface area contributed by atoms with Crippen LogP contribution >= 0.6 is 0 Å². The Bertz CT molecular complexity index is 1040. The van der Waals surface area contributed by atoms with Gasteiger partial charge in [-0.25, -0.2) is 0 Å². The fourth-order valence-corrected chi connectivity index (χ4v) is 2.93. The van der Waals surface area contributed by atoms with Crippen molar-refractivity contribution in [1.82, 2.24) is 4.98 Å². The molecule has 0 fully saturated rings. The Hall–Kier alpha value is -3.87. The molecular weight excluding hydrogens is 408 g/mol. The van der Waals surface area contributed by atoms with Crippen LogP contribution in [0.2, 0.25) is 0 Å². The molecule has 0 spiro atoms. The number of rotatable bonds is 11. The second kappa shape index (κ2) is 11.5. The summed E-state index contributed by atoms with van der Waals surface area (Å²) in [6.45, 7) is 1.79. The maximum atomic E-state index is 12.3. The third kappa shape index (κ3) is 7.12. The summed E-state index contributed by atoms with van der Waals surface area (Å²) in [5, 5.41) is 2.80. The lowest BCUT2D eigenvalue weighted by molar-refractivity contribution is -0.118. The standard InChI is InChI=1S/C25H26N2O5/c1-18(28)3-4-19-5-8-22(9-6-19)31-17-25(29)27-21-7-10-23(30-2)24(15-21)32-16-20-11-13-26-14-12-20/h5-15H,3-4,16-17H2,1-2H3,(H,27,29). The molecule has 0 aliphatic heterocycles. The minimum Gasteiger partial charge on any atom is -0.493 e. The molecule has 0 atom stereocenters. The van der Waals surface area contributed by atoms with E-state index in [-0.39, 0.29) is 18.3 Å². The molecule has 1 amide bonds. The molecule has 0 saturated carbocycles. The molecule has 2 aromatic carbocycles. The number of carbonyl (C=O) groups excluding carboxylic acids is 2. The van der Waals surface area contributed by atoms with Gasteiger partial charge in [-0.15, -0.1) is 0 Å². The summed E-state index contributed by atoms with van der Waals surface area (Å²) in [7, 11) is 1.56. The predicted molar refractivity (Wildman–Crippen MR) is 121 cm³/mol. The van der Waals surface area contributed by atoms with Gasteiger partial charge >= 0.3 is 0 Å². The number of anilines is 1. The van der Waals surface area contributed by atoms with E-state index in [1.807, 2.05) is 24.3 Å². The molecule has 0 aliphatic rings. The van der Waals surface area contributed by atoms with Gasteiger partial charge in [0, 0.05) is 30.6 Å². The lowest BCUT2D eigenvalue weighted by Gasteiger charge is -2.13. The molecule has 1 aromatic heterocycles. The van der Waals surface area contributed by atoms with Crippen molar-refractivity contribution in [3.8, 4) is 17.2 Å². The lowest BCUT2D eigenvalue weighted by Crippen LogP contribution is -2.20. The van der Waals surface area contributed by atoms with E-state index >= 15 is 0 Å². The largest absolute Gasteiger partial charge is 0.493 e. The van der Waals surface area contributed by atoms with Crippen molar-refractivity contribution in [2.24, 2.45) is 0 Å². The zero-order valence-electron chi connectivity index (χ0n) is 18.2. The van der Waals surface area contributed by atoms with E-state index < -0.39 is 0 Å². The molecule has 3 rings (SSSR count). The van der Waals surface area contributed by atoms with Crippen LogP contribution in [0.15, 0.2) is 67.0 Å². The molecule has 3 aromatic rings. The van der Waals surface area contributed by atoms with Crippen LogP contribution < -0.4 is 19.5 Å². The van der Waals surface area contributed by atoms with Crippen molar-refractivity contribution >= 4 is 17.4 Å². The highest BCUT2D eigenvalue weighted by Crippen LogP contribution is 2.31. The maximum absolute atomic E-state index is 12.3. The number of pyridine rings is 1. The Morgan fingerprint density at radius 2 is 1.66 bits per heavy atom. The molecule has 7 heteroatoms. The quantitative estimate of drug-likeness (QED) is 0.487. The average molecular weight is 434 g/mol. The first-order valence-electron chi connectivity index (χ1n) is 10.2. The summed E-state index contributed by atoms with van der Waals surface area (Å²) in [5.74, 6) is 1.53. The first kappa shape index (κ1) is 22.8. The van der Waals surface area contributed by atoms with Crippen LogP contribution in [0.1, 0.15) is 24.5 Å². The summed E-state index contributed by atoms with van der Waals surface area (Å²) in [6.07, 6.45) is 4.61. The Kier molecular flexibility index (Phi) is 8.20. The number of hydrogen-bond donors (Lipinski definition) is 1. The first-order valence-corrected chi connectivity index (χ1v) is 10.2. The highest BCUT2D eigenvalue weighted by atomic mass is 16.5. The minimum atomic E-state index is -0.295. The van der Waals surface area contributed by atoms with Gasteiger partial charge in [0.05, 0.1) is 7.11 Å². The fraction of sp³-hybridized carbons (Fsp3) is 0.240. The summed E-state index contributed by atoms with van der Waals surface area (Å²) in [4.78, 5) is 27.4. The van der Waals surface area contributed by atoms with Crippen molar-refractivity contribution in [3.63, 3.8) is 0 Å². The Balaban J connectivity index is 1.53. The van der Waals surface area contributed by atoms with Crippen LogP contribution in [0.3, 0.4) is 0 Å². The van der Waals surface area contributed by atoms with Crippen molar-refractivity contribution in [2.45, 2.75) is 26.4 Å². The number of nitrogens with one attached hydrogen (secondary N) is 1. The van der Waals surface area contributed by atoms with E-state index in [1.54, 1.807) is 56.8 Å². The van der Waals surface area contributed by atoms with Crippen LogP contribution in [-0.2, 0) is 22.6 Å². The minimum absolute atomic E-state index is 0.133. The van der Waals surface area contributed by atoms with Crippen molar-refractivity contribution < 1.29 is 23.8 Å². The number of Topliss-reactive ketones (excluding diaryl/α,β-unsaturated/α-hetero) is 1. The van der Waals surface area contributed by atoms with Crippen LogP contribution in [-0.4, -0.2) is 30.4 Å². The average Bonchev–Trinajstić information content (AvgIpc) is 2.81. The number of methoxy groups -OCH3 is 1. The zero-order valence-corrected chi connectivity index (χ0v) is 18.2. The summed E-state index contributed by atoms with van der Waals surface area (Å²) < 4.78 is 16.8. The van der Waals surface area contributed by atoms with Crippen LogP contribution in [0.25, 0.3) is 0 Å². The number of nitrogens with zero attached hydrogens (tertiary/aromatic N) is 1. The number of benzene rings is 2. The molecule has 166 valence electrons. The molecule has 1 N–H and O–H groups in total. The second-order valence-corrected chi connectivity index (χ2v) is 7.19. The van der Waals surface area contributed by atoms with Gasteiger partial charge in [0.2, 0.25) is 0 Å². The molecular formula is C25H26N2O5. The topological polar surface area (TPSA) is 86.8 Å². The number of aryl methyl sites for hydroxylation is 1. The Morgan fingerprint density at radius 1 is 0.906 bits per heavy atom. The molecule has 0 unspecified atom stereocenters. The van der Waals surface area contributed by atoms with Gasteiger partial charge in [-0.1, -0.05) is 12.1 Å². The number of aromatic nitrogens is 1. The molecule has 1 heterocycles. The fourth-order valence-electron chi connectivity index (χ4n) is 2.93. The molecule has 7 nitrogen and oxygen atoms in total. The van der Waals surface area contributed by atoms with Crippen molar-refractivity contribution in [2.75, 3.05) is 19.0 Å². The smallest absolute Gasteiger partial charge is 0.262 e. The van der Waals surface area contributed by atoms with Gasteiger partial charge in [-0.2, -0.15) is 0 Å². The summed E-state index contributed by atoms with van der Waals surface area (Å²) in [6, 6.07) is 16.3. The SMILES string of the molecule is COc1ccc(NC(=O)COc2ccc(CCC(C)=O)cc2)cc1OCc1ccncc1. The number of ether oxygens (including phenoxy) is 3. The van der Waals surface area contributed by atoms with E-state index in [1.165, 1.54) is 0 Å². The summed E-state index contributed by atoms with van der Waals surface area (Å²) >= 11 is 0. The van der Waals surface area contributed by atoms with Crippen LogP contribution in [0.5, 0.6) is 17.2 Å². The van der Waals surface area contributed by atoms with E-state index in [4.69, 9.17) is 14.2 Å². The number of carbonyl (C=O) groups is 2. The monoisotopic (exact) mass is 434 g/mol. The third-order valence-electron chi connectivity index (χ3n) is 4.65. The molecule has 0 aliphatic carbocycles. The van der Waals surface area contributed by atoms with Crippen LogP contribution in [0.4, 0.5) is 5.69 Å². The van der Waals surface area contributed by atoms with Crippen molar-refractivity contribution in [3.05, 3.63) is 78.1 Å². The normalized spacial score (nSPS) is 10.3. The highest BCUT2D eigenvalue weighted by Gasteiger charge is 2.10. The van der Waals surface area contributed by atoms with Gasteiger partial charge < -0.3 is 24.3 Å². The molecule has 0 radical (unpaired) electrons.